The smallest absolute Gasteiger partial charge is 0.188 e. The molecule has 0 heterocycles. The van der Waals surface area contributed by atoms with Crippen molar-refractivity contribution in [3.63, 3.8) is 0 Å². The molecule has 3 rings (SSSR count). The topological polar surface area (TPSA) is 68.9 Å². The molecular weight excluding hydrogens is 429 g/mol. The lowest BCUT2D eigenvalue weighted by Gasteiger charge is -2.21. The van der Waals surface area contributed by atoms with E-state index >= 15 is 0 Å². The van der Waals surface area contributed by atoms with Gasteiger partial charge in [-0.3, -0.25) is 0 Å². The molecular formula is C19H30IN3O2. The number of ether oxygens (including phenoxy) is 2. The molecule has 0 aromatic heterocycles. The van der Waals surface area contributed by atoms with Gasteiger partial charge in [0.05, 0.1) is 20.8 Å². The molecule has 25 heavy (non-hydrogen) atoms. The molecule has 2 saturated carbocycles. The second-order valence-corrected chi connectivity index (χ2v) is 7.04. The largest absolute Gasteiger partial charge is 0.493 e. The van der Waals surface area contributed by atoms with Gasteiger partial charge in [-0.25, -0.2) is 4.99 Å². The summed E-state index contributed by atoms with van der Waals surface area (Å²) in [7, 11) is 3.27. The zero-order chi connectivity index (χ0) is 16.9. The molecule has 0 radical (unpaired) electrons. The minimum Gasteiger partial charge on any atom is -0.493 e. The number of methoxy groups -OCH3 is 2. The lowest BCUT2D eigenvalue weighted by molar-refractivity contribution is 0.315. The quantitative estimate of drug-likeness (QED) is 0.372. The number of aliphatic imine (C=N–C) groups is 1. The van der Waals surface area contributed by atoms with Crippen molar-refractivity contribution in [2.75, 3.05) is 20.8 Å². The molecule has 1 aromatic carbocycles. The lowest BCUT2D eigenvalue weighted by Crippen LogP contribution is -2.33. The van der Waals surface area contributed by atoms with Gasteiger partial charge in [0, 0.05) is 6.54 Å². The zero-order valence-corrected chi connectivity index (χ0v) is 17.5. The van der Waals surface area contributed by atoms with Gasteiger partial charge >= 0.3 is 0 Å². The molecule has 3 unspecified atom stereocenters. The van der Waals surface area contributed by atoms with Crippen LogP contribution < -0.4 is 20.5 Å². The highest BCUT2D eigenvalue weighted by Crippen LogP contribution is 2.49. The Morgan fingerprint density at radius 2 is 2.00 bits per heavy atom. The summed E-state index contributed by atoms with van der Waals surface area (Å²) in [6.07, 6.45) is 7.01. The van der Waals surface area contributed by atoms with Crippen LogP contribution >= 0.6 is 24.0 Å². The number of hydrogen-bond donors (Lipinski definition) is 2. The van der Waals surface area contributed by atoms with Crippen molar-refractivity contribution in [2.24, 2.45) is 28.5 Å². The standard InChI is InChI=1S/C19H29N3O2.HI/c1-23-17-6-4-14(11-18(17)24-2)12-22-19(20)21-8-7-16-10-13-3-5-15(16)9-13;/h4,6,11,13,15-16H,3,5,7-10,12H2,1-2H3,(H3,20,21,22);1H. The van der Waals surface area contributed by atoms with Crippen LogP contribution in [0.4, 0.5) is 0 Å². The van der Waals surface area contributed by atoms with E-state index in [0.29, 0.717) is 18.3 Å². The predicted molar refractivity (Wildman–Crippen MR) is 112 cm³/mol. The van der Waals surface area contributed by atoms with Crippen molar-refractivity contribution in [1.82, 2.24) is 5.32 Å². The molecule has 2 aliphatic rings. The third-order valence-electron chi connectivity index (χ3n) is 5.59. The van der Waals surface area contributed by atoms with E-state index in [-0.39, 0.29) is 24.0 Å². The molecule has 2 fully saturated rings. The van der Waals surface area contributed by atoms with Crippen LogP contribution in [0.5, 0.6) is 11.5 Å². The maximum absolute atomic E-state index is 5.99. The van der Waals surface area contributed by atoms with Gasteiger partial charge < -0.3 is 20.5 Å². The molecule has 0 spiro atoms. The number of guanidine groups is 1. The molecule has 5 nitrogen and oxygen atoms in total. The summed E-state index contributed by atoms with van der Waals surface area (Å²) in [5.74, 6) is 4.84. The van der Waals surface area contributed by atoms with Gasteiger partial charge in [-0.15, -0.1) is 24.0 Å². The number of nitrogens with one attached hydrogen (secondary N) is 1. The molecule has 140 valence electrons. The summed E-state index contributed by atoms with van der Waals surface area (Å²) in [5, 5.41) is 3.26. The lowest BCUT2D eigenvalue weighted by atomic mass is 9.86. The van der Waals surface area contributed by atoms with E-state index in [9.17, 15) is 0 Å². The fourth-order valence-corrected chi connectivity index (χ4v) is 4.33. The van der Waals surface area contributed by atoms with Gasteiger partial charge in [0.2, 0.25) is 0 Å². The molecule has 0 saturated heterocycles. The first kappa shape index (κ1) is 20.1. The summed E-state index contributed by atoms with van der Waals surface area (Å²) in [6, 6.07) is 5.81. The molecule has 3 N–H and O–H groups in total. The van der Waals surface area contributed by atoms with E-state index in [0.717, 1.165) is 35.6 Å². The van der Waals surface area contributed by atoms with Crippen LogP contribution in [0, 0.1) is 17.8 Å². The van der Waals surface area contributed by atoms with E-state index in [1.165, 1.54) is 32.1 Å². The van der Waals surface area contributed by atoms with Crippen molar-refractivity contribution in [3.05, 3.63) is 23.8 Å². The van der Waals surface area contributed by atoms with Crippen molar-refractivity contribution < 1.29 is 9.47 Å². The Morgan fingerprint density at radius 1 is 1.20 bits per heavy atom. The maximum atomic E-state index is 5.99. The molecule has 6 heteroatoms. The van der Waals surface area contributed by atoms with Crippen LogP contribution in [0.15, 0.2) is 23.2 Å². The first-order valence-electron chi connectivity index (χ1n) is 8.94. The third kappa shape index (κ3) is 5.15. The summed E-state index contributed by atoms with van der Waals surface area (Å²) < 4.78 is 10.6. The number of hydrogen-bond acceptors (Lipinski definition) is 3. The fraction of sp³-hybridized carbons (Fsp3) is 0.632. The average molecular weight is 459 g/mol. The molecule has 0 aliphatic heterocycles. The number of benzene rings is 1. The predicted octanol–water partition coefficient (Wildman–Crippen LogP) is 3.55. The molecule has 1 aromatic rings. The van der Waals surface area contributed by atoms with Crippen LogP contribution in [0.1, 0.15) is 37.7 Å². The third-order valence-corrected chi connectivity index (χ3v) is 5.59. The van der Waals surface area contributed by atoms with Gasteiger partial charge in [-0.2, -0.15) is 0 Å². The minimum atomic E-state index is 0. The molecule has 3 atom stereocenters. The Morgan fingerprint density at radius 3 is 2.64 bits per heavy atom. The molecule has 2 bridgehead atoms. The van der Waals surface area contributed by atoms with E-state index in [2.05, 4.69) is 10.3 Å². The second-order valence-electron chi connectivity index (χ2n) is 7.04. The van der Waals surface area contributed by atoms with E-state index in [1.807, 2.05) is 18.2 Å². The number of fused-ring (bicyclic) bond motifs is 2. The Balaban J connectivity index is 0.00000225. The van der Waals surface area contributed by atoms with E-state index in [1.54, 1.807) is 14.2 Å². The van der Waals surface area contributed by atoms with Crippen molar-refractivity contribution in [3.8, 4) is 11.5 Å². The normalized spacial score (nSPS) is 24.7. The molecule has 2 aliphatic carbocycles. The van der Waals surface area contributed by atoms with Gasteiger partial charge in [-0.05, 0) is 61.1 Å². The molecule has 0 amide bonds. The van der Waals surface area contributed by atoms with Crippen LogP contribution in [0.25, 0.3) is 0 Å². The van der Waals surface area contributed by atoms with Gasteiger partial charge in [0.15, 0.2) is 17.5 Å². The van der Waals surface area contributed by atoms with Crippen molar-refractivity contribution in [1.29, 1.82) is 0 Å². The zero-order valence-electron chi connectivity index (χ0n) is 15.2. The van der Waals surface area contributed by atoms with Crippen LogP contribution in [0.3, 0.4) is 0 Å². The van der Waals surface area contributed by atoms with Crippen molar-refractivity contribution >= 4 is 29.9 Å². The Hall–Kier alpha value is -1.18. The number of halogens is 1. The number of nitrogens with two attached hydrogens (primary N) is 1. The Labute approximate surface area is 167 Å². The highest BCUT2D eigenvalue weighted by atomic mass is 127. The van der Waals surface area contributed by atoms with E-state index in [4.69, 9.17) is 15.2 Å². The summed E-state index contributed by atoms with van der Waals surface area (Å²) >= 11 is 0. The van der Waals surface area contributed by atoms with Gasteiger partial charge in [0.25, 0.3) is 0 Å². The highest BCUT2D eigenvalue weighted by Gasteiger charge is 2.38. The number of nitrogens with zero attached hydrogens (tertiary/aromatic N) is 1. The fourth-order valence-electron chi connectivity index (χ4n) is 4.33. The monoisotopic (exact) mass is 459 g/mol. The highest BCUT2D eigenvalue weighted by molar-refractivity contribution is 14.0. The van der Waals surface area contributed by atoms with Crippen molar-refractivity contribution in [2.45, 2.75) is 38.6 Å². The summed E-state index contributed by atoms with van der Waals surface area (Å²) in [6.45, 7) is 1.46. The van der Waals surface area contributed by atoms with Crippen LogP contribution in [0.2, 0.25) is 0 Å². The first-order valence-corrected chi connectivity index (χ1v) is 8.94. The second kappa shape index (κ2) is 9.50. The first-order chi connectivity index (χ1) is 11.7. The van der Waals surface area contributed by atoms with Gasteiger partial charge in [0.1, 0.15) is 0 Å². The Kier molecular flexibility index (Phi) is 7.65. The average Bonchev–Trinajstić information content (AvgIpc) is 3.22. The minimum absolute atomic E-state index is 0. The van der Waals surface area contributed by atoms with Crippen LogP contribution in [-0.4, -0.2) is 26.7 Å². The van der Waals surface area contributed by atoms with E-state index < -0.39 is 0 Å². The number of rotatable bonds is 7. The van der Waals surface area contributed by atoms with Crippen LogP contribution in [-0.2, 0) is 6.54 Å². The SMILES string of the molecule is COc1ccc(CN=C(N)NCCC2CC3CCC2C3)cc1OC.I. The Bertz CT molecular complexity index is 594. The maximum Gasteiger partial charge on any atom is 0.188 e. The summed E-state index contributed by atoms with van der Waals surface area (Å²) in [5.41, 5.74) is 7.04. The van der Waals surface area contributed by atoms with Gasteiger partial charge in [-0.1, -0.05) is 12.5 Å². The summed E-state index contributed by atoms with van der Waals surface area (Å²) in [4.78, 5) is 4.42.